The number of benzene rings is 1. The third-order valence-corrected chi connectivity index (χ3v) is 8.99. The van der Waals surface area contributed by atoms with Gasteiger partial charge in [-0.1, -0.05) is 28.7 Å². The predicted octanol–water partition coefficient (Wildman–Crippen LogP) is 5.22. The molecule has 1 saturated heterocycles. The molecule has 0 spiro atoms. The van der Waals surface area contributed by atoms with Gasteiger partial charge in [0.25, 0.3) is 0 Å². The van der Waals surface area contributed by atoms with Crippen LogP contribution in [0.2, 0.25) is 5.02 Å². The fourth-order valence-electron chi connectivity index (χ4n) is 5.98. The first kappa shape index (κ1) is 28.6. The monoisotopic (exact) mass is 586 g/mol. The van der Waals surface area contributed by atoms with Crippen molar-refractivity contribution in [2.75, 3.05) is 44.4 Å². The number of amides is 1. The second-order valence-corrected chi connectivity index (χ2v) is 12.8. The molecule has 2 unspecified atom stereocenters. The highest BCUT2D eigenvalue weighted by atomic mass is 35.5. The Balaban J connectivity index is 1.08. The third kappa shape index (κ3) is 6.60. The number of likely N-dealkylation sites (N-methyl/N-ethyl adjacent to an activating group) is 1. The molecule has 0 bridgehead atoms. The van der Waals surface area contributed by atoms with E-state index in [-0.39, 0.29) is 23.8 Å². The molecule has 3 fully saturated rings. The Bertz CT molecular complexity index is 1460. The van der Waals surface area contributed by atoms with Gasteiger partial charge in [-0.05, 0) is 93.9 Å². The zero-order chi connectivity index (χ0) is 29.4. The van der Waals surface area contributed by atoms with Gasteiger partial charge in [0.05, 0.1) is 19.5 Å². The molecule has 2 saturated carbocycles. The van der Waals surface area contributed by atoms with Gasteiger partial charge in [-0.3, -0.25) is 4.79 Å². The van der Waals surface area contributed by atoms with Gasteiger partial charge in [0.15, 0.2) is 6.04 Å². The molecular weight excluding hydrogens is 546 g/mol. The Morgan fingerprint density at radius 2 is 2.10 bits per heavy atom. The largest absolute Gasteiger partial charge is 0.380 e. The first-order valence-electron chi connectivity index (χ1n) is 15.0. The average molecular weight is 587 g/mol. The summed E-state index contributed by atoms with van der Waals surface area (Å²) in [6.45, 7) is 9.13. The van der Waals surface area contributed by atoms with E-state index in [4.69, 9.17) is 16.6 Å². The molecule has 0 radical (unpaired) electrons. The Morgan fingerprint density at radius 1 is 1.26 bits per heavy atom. The van der Waals surface area contributed by atoms with Crippen LogP contribution in [-0.2, 0) is 4.79 Å². The normalized spacial score (nSPS) is 25.4. The summed E-state index contributed by atoms with van der Waals surface area (Å²) in [5.41, 5.74) is 4.56. The lowest BCUT2D eigenvalue weighted by Gasteiger charge is -2.25. The van der Waals surface area contributed by atoms with Crippen LogP contribution in [0.25, 0.3) is 0 Å². The van der Waals surface area contributed by atoms with Gasteiger partial charge in [0.1, 0.15) is 11.5 Å². The second-order valence-electron chi connectivity index (χ2n) is 12.4. The molecular formula is C33H41ClN7O+. The first-order chi connectivity index (χ1) is 20.2. The standard InChI is InChI=1S/C33H40ClN7O/c1-21(37-32-30(41-13-11-27(20-41)39(2)3)15-24(19-40(32)4)22-8-9-22)18-36-26-10-12-35-31(16-26)38-33(42)29-17-28(29)23-6-5-7-25(34)14-23/h5-7,10,12,14-16,19,21-22,27-29H,4,8-9,11,13,17-18,20H2,1-3H3,(H-,35,36,38,42)/p+1/t21?,27?,28-,29+/m1/s1. The maximum absolute atomic E-state index is 12.9. The predicted molar refractivity (Wildman–Crippen MR) is 170 cm³/mol. The lowest BCUT2D eigenvalue weighted by atomic mass is 10.1. The molecule has 1 amide bonds. The topological polar surface area (TPSA) is 75.9 Å². The van der Waals surface area contributed by atoms with E-state index in [2.05, 4.69) is 65.4 Å². The fraction of sp³-hybridized carbons (Fsp3) is 0.455. The molecule has 6 rings (SSSR count). The number of hydrogen-bond donors (Lipinski definition) is 2. The van der Waals surface area contributed by atoms with Crippen LogP contribution in [0.1, 0.15) is 44.1 Å². The summed E-state index contributed by atoms with van der Waals surface area (Å²) < 4.78 is 1.97. The molecule has 2 aliphatic heterocycles. The molecule has 1 aromatic heterocycles. The zero-order valence-corrected chi connectivity index (χ0v) is 25.5. The third-order valence-electron chi connectivity index (χ3n) is 8.75. The van der Waals surface area contributed by atoms with Crippen LogP contribution in [0.15, 0.2) is 71.1 Å². The summed E-state index contributed by atoms with van der Waals surface area (Å²) in [5, 5.41) is 7.18. The van der Waals surface area contributed by atoms with Gasteiger partial charge in [0, 0.05) is 48.0 Å². The van der Waals surface area contributed by atoms with Crippen molar-refractivity contribution < 1.29 is 9.37 Å². The van der Waals surface area contributed by atoms with E-state index in [0.29, 0.717) is 29.3 Å². The van der Waals surface area contributed by atoms with E-state index in [1.807, 2.05) is 41.0 Å². The smallest absolute Gasteiger partial charge is 0.345 e. The SMILES string of the molecule is C=[N+]1C=C(C2CC2)C=C(N2CCC(N(C)C)C2)C1=NC(C)CNc1ccnc(NC(=O)[C@H]2C[C@@H]2c2cccc(Cl)c2)c1. The number of aliphatic imine (C=N–C) groups is 1. The van der Waals surface area contributed by atoms with Gasteiger partial charge in [0.2, 0.25) is 5.91 Å². The Kier molecular flexibility index (Phi) is 8.19. The van der Waals surface area contributed by atoms with Crippen LogP contribution in [0, 0.1) is 11.8 Å². The molecule has 4 aliphatic rings. The van der Waals surface area contributed by atoms with Crippen LogP contribution in [0.5, 0.6) is 0 Å². The van der Waals surface area contributed by atoms with Crippen molar-refractivity contribution >= 4 is 41.6 Å². The van der Waals surface area contributed by atoms with Crippen molar-refractivity contribution in [2.45, 2.75) is 50.6 Å². The van der Waals surface area contributed by atoms with Gasteiger partial charge in [-0.2, -0.15) is 0 Å². The molecule has 9 heteroatoms. The number of hydrogen-bond acceptors (Lipinski definition) is 6. The van der Waals surface area contributed by atoms with Crippen molar-refractivity contribution in [1.29, 1.82) is 0 Å². The molecule has 8 nitrogen and oxygen atoms in total. The van der Waals surface area contributed by atoms with E-state index >= 15 is 0 Å². The molecule has 3 heterocycles. The Labute approximate surface area is 253 Å². The minimum Gasteiger partial charge on any atom is -0.380 e. The number of carbonyl (C=O) groups is 1. The lowest BCUT2D eigenvalue weighted by Crippen LogP contribution is -2.36. The molecule has 42 heavy (non-hydrogen) atoms. The van der Waals surface area contributed by atoms with Gasteiger partial charge < -0.3 is 20.4 Å². The second kappa shape index (κ2) is 12.0. The minimum absolute atomic E-state index is 0.00594. The van der Waals surface area contributed by atoms with E-state index in [1.165, 1.54) is 24.1 Å². The quantitative estimate of drug-likeness (QED) is 0.374. The number of amidine groups is 1. The van der Waals surface area contributed by atoms with Crippen molar-refractivity contribution in [1.82, 2.24) is 14.8 Å². The molecule has 4 atom stereocenters. The number of anilines is 2. The number of likely N-dealkylation sites (tertiary alicyclic amines) is 1. The van der Waals surface area contributed by atoms with Gasteiger partial charge in [-0.25, -0.2) is 9.56 Å². The van der Waals surface area contributed by atoms with Crippen LogP contribution in [0.3, 0.4) is 0 Å². The maximum Gasteiger partial charge on any atom is 0.345 e. The van der Waals surface area contributed by atoms with E-state index in [9.17, 15) is 4.79 Å². The Hall–Kier alpha value is -3.49. The zero-order valence-electron chi connectivity index (χ0n) is 24.8. The molecule has 220 valence electrons. The van der Waals surface area contributed by atoms with Crippen LogP contribution >= 0.6 is 11.6 Å². The van der Waals surface area contributed by atoms with Crippen LogP contribution in [-0.4, -0.2) is 83.6 Å². The number of halogens is 1. The summed E-state index contributed by atoms with van der Waals surface area (Å²) in [4.78, 5) is 27.2. The highest BCUT2D eigenvalue weighted by Gasteiger charge is 2.44. The number of nitrogens with one attached hydrogen (secondary N) is 2. The van der Waals surface area contributed by atoms with Crippen molar-refractivity contribution in [3.63, 3.8) is 0 Å². The molecule has 2 aromatic rings. The number of rotatable bonds is 10. The van der Waals surface area contributed by atoms with E-state index in [0.717, 1.165) is 43.0 Å². The van der Waals surface area contributed by atoms with Crippen molar-refractivity contribution in [3.05, 3.63) is 76.7 Å². The molecule has 2 aliphatic carbocycles. The minimum atomic E-state index is -0.0563. The Morgan fingerprint density at radius 3 is 2.83 bits per heavy atom. The summed E-state index contributed by atoms with van der Waals surface area (Å²) in [6.07, 6.45) is 10.7. The first-order valence-corrected chi connectivity index (χ1v) is 15.4. The van der Waals surface area contributed by atoms with Crippen molar-refractivity contribution in [3.8, 4) is 0 Å². The summed E-state index contributed by atoms with van der Waals surface area (Å²) >= 11 is 6.14. The molecule has 2 N–H and O–H groups in total. The fourth-order valence-corrected chi connectivity index (χ4v) is 6.18. The summed E-state index contributed by atoms with van der Waals surface area (Å²) in [7, 11) is 4.32. The van der Waals surface area contributed by atoms with Crippen LogP contribution < -0.4 is 10.6 Å². The number of aromatic nitrogens is 1. The van der Waals surface area contributed by atoms with Gasteiger partial charge >= 0.3 is 5.84 Å². The van der Waals surface area contributed by atoms with E-state index < -0.39 is 0 Å². The van der Waals surface area contributed by atoms with Crippen LogP contribution in [0.4, 0.5) is 11.5 Å². The number of allylic oxidation sites excluding steroid dienone is 2. The average Bonchev–Trinajstić information content (AvgIpc) is 3.90. The summed E-state index contributed by atoms with van der Waals surface area (Å²) in [6, 6.07) is 12.1. The molecule has 1 aromatic carbocycles. The lowest BCUT2D eigenvalue weighted by molar-refractivity contribution is -0.317. The maximum atomic E-state index is 12.9. The number of nitrogens with zero attached hydrogens (tertiary/aromatic N) is 5. The highest BCUT2D eigenvalue weighted by Crippen LogP contribution is 2.48. The van der Waals surface area contributed by atoms with Gasteiger partial charge in [-0.15, -0.1) is 0 Å². The summed E-state index contributed by atoms with van der Waals surface area (Å²) in [5.74, 6) is 2.27. The highest BCUT2D eigenvalue weighted by molar-refractivity contribution is 6.30. The van der Waals surface area contributed by atoms with E-state index in [1.54, 1.807) is 6.20 Å². The number of carbonyl (C=O) groups excluding carboxylic acids is 1. The number of pyridine rings is 1. The van der Waals surface area contributed by atoms with Crippen molar-refractivity contribution in [2.24, 2.45) is 16.8 Å².